The molecule has 2 aromatic carbocycles. The van der Waals surface area contributed by atoms with Crippen LogP contribution in [0, 0.1) is 0 Å². The summed E-state index contributed by atoms with van der Waals surface area (Å²) < 4.78 is 1.87. The number of rotatable bonds is 4. The standard InChI is InChI=1S/C24H21N3OS.ClH/c28-24(20-9-4-6-18(16-20)17-26-13-5-12-25-26)27-14-10-22-21(11-15-29-22)23(27)19-7-2-1-3-8-19;/h1-9,11-13,15-16,23H,10,14,17H2;1H. The third-order valence-corrected chi connectivity index (χ3v) is 6.42. The number of carbonyl (C=O) groups excluding carboxylic acids is 1. The van der Waals surface area contributed by atoms with Crippen LogP contribution in [0.25, 0.3) is 0 Å². The molecule has 0 saturated heterocycles. The molecular weight excluding hydrogens is 414 g/mol. The molecule has 1 amide bonds. The van der Waals surface area contributed by atoms with E-state index in [9.17, 15) is 4.79 Å². The highest BCUT2D eigenvalue weighted by Gasteiger charge is 2.33. The number of hydrogen-bond acceptors (Lipinski definition) is 3. The van der Waals surface area contributed by atoms with Crippen molar-refractivity contribution in [1.82, 2.24) is 14.7 Å². The fourth-order valence-electron chi connectivity index (χ4n) is 4.08. The Bertz CT molecular complexity index is 1120. The quantitative estimate of drug-likeness (QED) is 0.441. The van der Waals surface area contributed by atoms with Crippen molar-refractivity contribution in [2.45, 2.75) is 19.0 Å². The number of nitrogens with zero attached hydrogens (tertiary/aromatic N) is 3. The zero-order valence-electron chi connectivity index (χ0n) is 16.3. The molecule has 6 heteroatoms. The van der Waals surface area contributed by atoms with Crippen molar-refractivity contribution in [3.8, 4) is 0 Å². The molecule has 0 spiro atoms. The average molecular weight is 436 g/mol. The summed E-state index contributed by atoms with van der Waals surface area (Å²) in [5, 5.41) is 6.41. The van der Waals surface area contributed by atoms with Crippen LogP contribution in [0.5, 0.6) is 0 Å². The number of amides is 1. The first-order valence-electron chi connectivity index (χ1n) is 9.78. The minimum absolute atomic E-state index is 0. The lowest BCUT2D eigenvalue weighted by Gasteiger charge is -2.36. The molecule has 0 fully saturated rings. The first-order valence-corrected chi connectivity index (χ1v) is 10.7. The molecular formula is C24H22ClN3OS. The van der Waals surface area contributed by atoms with Gasteiger partial charge in [-0.3, -0.25) is 9.48 Å². The first kappa shape index (κ1) is 20.4. The third kappa shape index (κ3) is 3.91. The Balaban J connectivity index is 0.00000218. The zero-order valence-corrected chi connectivity index (χ0v) is 18.0. The molecule has 0 aliphatic carbocycles. The van der Waals surface area contributed by atoms with E-state index in [1.165, 1.54) is 10.4 Å². The monoisotopic (exact) mass is 435 g/mol. The van der Waals surface area contributed by atoms with Gasteiger partial charge >= 0.3 is 0 Å². The second-order valence-electron chi connectivity index (χ2n) is 7.26. The van der Waals surface area contributed by atoms with Gasteiger partial charge in [-0.05, 0) is 52.8 Å². The van der Waals surface area contributed by atoms with Crippen LogP contribution in [-0.2, 0) is 13.0 Å². The number of aromatic nitrogens is 2. The van der Waals surface area contributed by atoms with E-state index in [4.69, 9.17) is 0 Å². The molecule has 4 aromatic rings. The Morgan fingerprint density at radius 1 is 1.07 bits per heavy atom. The molecule has 1 aliphatic heterocycles. The van der Waals surface area contributed by atoms with Gasteiger partial charge in [0.2, 0.25) is 0 Å². The number of benzene rings is 2. The predicted molar refractivity (Wildman–Crippen MR) is 122 cm³/mol. The summed E-state index contributed by atoms with van der Waals surface area (Å²) in [5.74, 6) is 0.0815. The lowest BCUT2D eigenvalue weighted by molar-refractivity contribution is 0.0696. The maximum absolute atomic E-state index is 13.6. The van der Waals surface area contributed by atoms with E-state index in [0.29, 0.717) is 6.54 Å². The number of carbonyl (C=O) groups is 1. The van der Waals surface area contributed by atoms with Crippen LogP contribution >= 0.6 is 23.7 Å². The Labute approximate surface area is 186 Å². The Hall–Kier alpha value is -2.89. The molecule has 1 unspecified atom stereocenters. The van der Waals surface area contributed by atoms with Crippen LogP contribution in [0.15, 0.2) is 84.5 Å². The fraction of sp³-hybridized carbons (Fsp3) is 0.167. The van der Waals surface area contributed by atoms with Crippen molar-refractivity contribution < 1.29 is 4.79 Å². The minimum Gasteiger partial charge on any atom is -0.327 e. The number of thiophene rings is 1. The molecule has 3 heterocycles. The van der Waals surface area contributed by atoms with E-state index < -0.39 is 0 Å². The first-order chi connectivity index (χ1) is 14.3. The van der Waals surface area contributed by atoms with Gasteiger partial charge in [0, 0.05) is 29.4 Å². The SMILES string of the molecule is Cl.O=C(c1cccc(Cn2cccn2)c1)N1CCc2sccc2C1c1ccccc1. The molecule has 30 heavy (non-hydrogen) atoms. The molecule has 5 rings (SSSR count). The Morgan fingerprint density at radius 2 is 1.93 bits per heavy atom. The van der Waals surface area contributed by atoms with Crippen LogP contribution in [-0.4, -0.2) is 27.1 Å². The molecule has 2 aromatic heterocycles. The maximum atomic E-state index is 13.6. The number of halogens is 1. The molecule has 0 radical (unpaired) electrons. The summed E-state index contributed by atoms with van der Waals surface area (Å²) in [6.45, 7) is 1.39. The highest BCUT2D eigenvalue weighted by atomic mass is 35.5. The van der Waals surface area contributed by atoms with Gasteiger partial charge < -0.3 is 4.90 Å². The smallest absolute Gasteiger partial charge is 0.254 e. The largest absolute Gasteiger partial charge is 0.327 e. The predicted octanol–water partition coefficient (Wildman–Crippen LogP) is 5.20. The molecule has 0 saturated carbocycles. The van der Waals surface area contributed by atoms with Crippen molar-refractivity contribution in [2.75, 3.05) is 6.54 Å². The van der Waals surface area contributed by atoms with E-state index in [1.807, 2.05) is 64.3 Å². The van der Waals surface area contributed by atoms with Gasteiger partial charge in [0.25, 0.3) is 5.91 Å². The van der Waals surface area contributed by atoms with Crippen molar-refractivity contribution in [3.05, 3.63) is 112 Å². The van der Waals surface area contributed by atoms with Crippen LogP contribution in [0.2, 0.25) is 0 Å². The van der Waals surface area contributed by atoms with Crippen LogP contribution in [0.3, 0.4) is 0 Å². The summed E-state index contributed by atoms with van der Waals surface area (Å²) in [5.41, 5.74) is 4.22. The third-order valence-electron chi connectivity index (χ3n) is 5.42. The van der Waals surface area contributed by atoms with E-state index in [1.54, 1.807) is 17.5 Å². The van der Waals surface area contributed by atoms with Gasteiger partial charge in [0.15, 0.2) is 0 Å². The normalized spacial score (nSPS) is 15.3. The van der Waals surface area contributed by atoms with E-state index in [0.717, 1.165) is 29.7 Å². The molecule has 0 bridgehead atoms. The van der Waals surface area contributed by atoms with Crippen molar-refractivity contribution in [1.29, 1.82) is 0 Å². The van der Waals surface area contributed by atoms with E-state index in [-0.39, 0.29) is 24.4 Å². The van der Waals surface area contributed by atoms with Gasteiger partial charge in [-0.15, -0.1) is 23.7 Å². The topological polar surface area (TPSA) is 38.1 Å². The lowest BCUT2D eigenvalue weighted by atomic mass is 9.92. The Kier molecular flexibility index (Phi) is 6.02. The maximum Gasteiger partial charge on any atom is 0.254 e. The van der Waals surface area contributed by atoms with Crippen molar-refractivity contribution >= 4 is 29.7 Å². The molecule has 1 aliphatic rings. The molecule has 0 N–H and O–H groups in total. The van der Waals surface area contributed by atoms with Gasteiger partial charge in [-0.2, -0.15) is 5.10 Å². The summed E-state index contributed by atoms with van der Waals surface area (Å²) >= 11 is 1.79. The zero-order chi connectivity index (χ0) is 19.6. The summed E-state index contributed by atoms with van der Waals surface area (Å²) in [7, 11) is 0. The van der Waals surface area contributed by atoms with Crippen molar-refractivity contribution in [3.63, 3.8) is 0 Å². The highest BCUT2D eigenvalue weighted by Crippen LogP contribution is 2.38. The molecule has 152 valence electrons. The minimum atomic E-state index is -0.0338. The summed E-state index contributed by atoms with van der Waals surface area (Å²) in [6, 6.07) is 22.3. The highest BCUT2D eigenvalue weighted by molar-refractivity contribution is 7.10. The number of fused-ring (bicyclic) bond motifs is 1. The fourth-order valence-corrected chi connectivity index (χ4v) is 4.98. The molecule has 1 atom stereocenters. The van der Waals surface area contributed by atoms with Gasteiger partial charge in [0.1, 0.15) is 0 Å². The second kappa shape index (κ2) is 8.86. The second-order valence-corrected chi connectivity index (χ2v) is 8.27. The van der Waals surface area contributed by atoms with Gasteiger partial charge in [-0.25, -0.2) is 0 Å². The van der Waals surface area contributed by atoms with Gasteiger partial charge in [0.05, 0.1) is 12.6 Å². The molecule has 4 nitrogen and oxygen atoms in total. The number of hydrogen-bond donors (Lipinski definition) is 0. The van der Waals surface area contributed by atoms with Crippen molar-refractivity contribution in [2.24, 2.45) is 0 Å². The van der Waals surface area contributed by atoms with E-state index in [2.05, 4.69) is 28.7 Å². The van der Waals surface area contributed by atoms with Crippen LogP contribution < -0.4 is 0 Å². The summed E-state index contributed by atoms with van der Waals surface area (Å²) in [4.78, 5) is 17.0. The van der Waals surface area contributed by atoms with Gasteiger partial charge in [-0.1, -0.05) is 42.5 Å². The lowest BCUT2D eigenvalue weighted by Crippen LogP contribution is -2.40. The van der Waals surface area contributed by atoms with Crippen LogP contribution in [0.1, 0.15) is 38.0 Å². The van der Waals surface area contributed by atoms with E-state index >= 15 is 0 Å². The summed E-state index contributed by atoms with van der Waals surface area (Å²) in [6.07, 6.45) is 4.61. The average Bonchev–Trinajstić information content (AvgIpc) is 3.45. The Morgan fingerprint density at radius 3 is 2.73 bits per heavy atom. The van der Waals surface area contributed by atoms with Crippen LogP contribution in [0.4, 0.5) is 0 Å².